The molecule has 5 heteroatoms. The number of urea groups is 1. The van der Waals surface area contributed by atoms with Crippen LogP contribution in [0.4, 0.5) is 4.79 Å². The van der Waals surface area contributed by atoms with E-state index in [1.165, 1.54) is 0 Å². The molecule has 0 aliphatic carbocycles. The van der Waals surface area contributed by atoms with Gasteiger partial charge in [0.05, 0.1) is 18.8 Å². The Hall–Kier alpha value is -1.54. The molecule has 0 aromatic carbocycles. The highest BCUT2D eigenvalue weighted by Crippen LogP contribution is 2.37. The maximum Gasteiger partial charge on any atom is 0.324 e. The van der Waals surface area contributed by atoms with Crippen molar-refractivity contribution >= 4 is 11.9 Å². The number of ether oxygens (including phenoxy) is 1. The van der Waals surface area contributed by atoms with Crippen molar-refractivity contribution in [3.63, 3.8) is 0 Å². The number of rotatable bonds is 1. The smallest absolute Gasteiger partial charge is 0.324 e. The van der Waals surface area contributed by atoms with Crippen LogP contribution in [-0.2, 0) is 4.74 Å². The zero-order chi connectivity index (χ0) is 12.6. The second kappa shape index (κ2) is 4.04. The normalized spacial score (nSPS) is 37.1. The summed E-state index contributed by atoms with van der Waals surface area (Å²) >= 11 is 0. The molecular formula is C12H17N3O2. The lowest BCUT2D eigenvalue weighted by Crippen LogP contribution is -2.56. The molecule has 2 saturated heterocycles. The molecule has 0 saturated carbocycles. The number of carbonyl (C=O) groups is 1. The fraction of sp³-hybridized carbons (Fsp3) is 0.667. The van der Waals surface area contributed by atoms with Crippen molar-refractivity contribution in [1.82, 2.24) is 10.2 Å². The minimum absolute atomic E-state index is 0.0204. The summed E-state index contributed by atoms with van der Waals surface area (Å²) < 4.78 is 5.67. The van der Waals surface area contributed by atoms with Crippen molar-refractivity contribution < 1.29 is 9.53 Å². The van der Waals surface area contributed by atoms with Crippen LogP contribution in [0.15, 0.2) is 0 Å². The number of amidine groups is 1. The first-order valence-corrected chi connectivity index (χ1v) is 5.76. The third kappa shape index (κ3) is 1.79. The molecule has 2 rings (SSSR count). The average molecular weight is 235 g/mol. The molecule has 2 unspecified atom stereocenters. The minimum atomic E-state index is -0.597. The lowest BCUT2D eigenvalue weighted by molar-refractivity contribution is -0.0691. The number of hydrogen-bond donors (Lipinski definition) is 2. The van der Waals surface area contributed by atoms with E-state index < -0.39 is 5.54 Å². The summed E-state index contributed by atoms with van der Waals surface area (Å²) in [5.41, 5.74) is -0.597. The van der Waals surface area contributed by atoms with Crippen molar-refractivity contribution in [2.45, 2.75) is 44.4 Å². The molecule has 2 aliphatic heterocycles. The Bertz CT molecular complexity index is 389. The number of carbonyl (C=O) groups excluding carboxylic acids is 1. The number of nitrogens with one attached hydrogen (secondary N) is 2. The second-order valence-electron chi connectivity index (χ2n) is 4.79. The van der Waals surface area contributed by atoms with E-state index in [9.17, 15) is 4.79 Å². The topological polar surface area (TPSA) is 65.4 Å². The van der Waals surface area contributed by atoms with Gasteiger partial charge in [0.25, 0.3) is 0 Å². The zero-order valence-corrected chi connectivity index (χ0v) is 10.1. The summed E-state index contributed by atoms with van der Waals surface area (Å²) in [5, 5.41) is 10.6. The fourth-order valence-electron chi connectivity index (χ4n) is 2.89. The number of terminal acetylenes is 1. The van der Waals surface area contributed by atoms with E-state index in [1.54, 1.807) is 4.90 Å². The summed E-state index contributed by atoms with van der Waals surface area (Å²) in [6.07, 6.45) is 6.59. The number of amides is 2. The van der Waals surface area contributed by atoms with E-state index in [4.69, 9.17) is 16.6 Å². The van der Waals surface area contributed by atoms with Gasteiger partial charge in [0, 0.05) is 12.8 Å². The maximum atomic E-state index is 11.8. The van der Waals surface area contributed by atoms with Crippen LogP contribution in [-0.4, -0.2) is 41.1 Å². The van der Waals surface area contributed by atoms with Gasteiger partial charge >= 0.3 is 6.03 Å². The van der Waals surface area contributed by atoms with E-state index in [0.717, 1.165) is 0 Å². The van der Waals surface area contributed by atoms with Gasteiger partial charge in [-0.25, -0.2) is 4.79 Å². The third-order valence-corrected chi connectivity index (χ3v) is 3.42. The van der Waals surface area contributed by atoms with E-state index >= 15 is 0 Å². The summed E-state index contributed by atoms with van der Waals surface area (Å²) in [6, 6.07) is -0.269. The Kier molecular flexibility index (Phi) is 2.84. The molecule has 2 fully saturated rings. The van der Waals surface area contributed by atoms with E-state index in [-0.39, 0.29) is 30.6 Å². The van der Waals surface area contributed by atoms with Gasteiger partial charge in [0.1, 0.15) is 11.4 Å². The van der Waals surface area contributed by atoms with Crippen LogP contribution in [0.5, 0.6) is 0 Å². The SMILES string of the molecule is C#CCN1C(=O)NC(=N)C12CC(C)OC(C)C2. The molecule has 17 heavy (non-hydrogen) atoms. The quantitative estimate of drug-likeness (QED) is 0.664. The third-order valence-electron chi connectivity index (χ3n) is 3.42. The lowest BCUT2D eigenvalue weighted by Gasteiger charge is -2.43. The largest absolute Gasteiger partial charge is 0.375 e. The summed E-state index contributed by atoms with van der Waals surface area (Å²) in [7, 11) is 0. The molecule has 2 N–H and O–H groups in total. The van der Waals surface area contributed by atoms with Crippen LogP contribution < -0.4 is 5.32 Å². The highest BCUT2D eigenvalue weighted by Gasteiger charge is 2.53. The highest BCUT2D eigenvalue weighted by molar-refractivity contribution is 6.08. The molecule has 92 valence electrons. The molecule has 0 aromatic rings. The first kappa shape index (κ1) is 11.9. The Morgan fingerprint density at radius 3 is 2.71 bits per heavy atom. The van der Waals surface area contributed by atoms with Crippen molar-refractivity contribution in [3.05, 3.63) is 0 Å². The Balaban J connectivity index is 2.35. The Morgan fingerprint density at radius 2 is 2.18 bits per heavy atom. The van der Waals surface area contributed by atoms with Crippen LogP contribution >= 0.6 is 0 Å². The Morgan fingerprint density at radius 1 is 1.59 bits per heavy atom. The van der Waals surface area contributed by atoms with Crippen molar-refractivity contribution in [1.29, 1.82) is 5.41 Å². The maximum absolute atomic E-state index is 11.8. The summed E-state index contributed by atoms with van der Waals surface area (Å²) in [4.78, 5) is 13.4. The Labute approximate surface area is 101 Å². The van der Waals surface area contributed by atoms with Crippen LogP contribution in [0.25, 0.3) is 0 Å². The van der Waals surface area contributed by atoms with E-state index in [1.807, 2.05) is 13.8 Å². The average Bonchev–Trinajstić information content (AvgIpc) is 2.42. The van der Waals surface area contributed by atoms with Gasteiger partial charge in [-0.1, -0.05) is 5.92 Å². The summed E-state index contributed by atoms with van der Waals surface area (Å²) in [6.45, 7) is 4.15. The molecule has 2 aliphatic rings. The van der Waals surface area contributed by atoms with Gasteiger partial charge in [-0.05, 0) is 13.8 Å². The van der Waals surface area contributed by atoms with Gasteiger partial charge in [-0.3, -0.25) is 10.7 Å². The molecular weight excluding hydrogens is 218 g/mol. The second-order valence-corrected chi connectivity index (χ2v) is 4.79. The van der Waals surface area contributed by atoms with Gasteiger partial charge < -0.3 is 9.64 Å². The molecule has 2 atom stereocenters. The summed E-state index contributed by atoms with van der Waals surface area (Å²) in [5.74, 6) is 2.74. The lowest BCUT2D eigenvalue weighted by atomic mass is 9.82. The number of hydrogen-bond acceptors (Lipinski definition) is 3. The first-order valence-electron chi connectivity index (χ1n) is 5.76. The molecule has 0 radical (unpaired) electrons. The molecule has 5 nitrogen and oxygen atoms in total. The molecule has 2 amide bonds. The predicted octanol–water partition coefficient (Wildman–Crippen LogP) is 0.948. The molecule has 0 aromatic heterocycles. The fourth-order valence-corrected chi connectivity index (χ4v) is 2.89. The van der Waals surface area contributed by atoms with E-state index in [2.05, 4.69) is 11.2 Å². The molecule has 1 spiro atoms. The van der Waals surface area contributed by atoms with Crippen LogP contribution in [0.3, 0.4) is 0 Å². The monoisotopic (exact) mass is 235 g/mol. The van der Waals surface area contributed by atoms with Gasteiger partial charge in [-0.15, -0.1) is 6.42 Å². The van der Waals surface area contributed by atoms with Gasteiger partial charge in [0.15, 0.2) is 0 Å². The molecule has 0 bridgehead atoms. The predicted molar refractivity (Wildman–Crippen MR) is 63.8 cm³/mol. The first-order chi connectivity index (χ1) is 7.99. The minimum Gasteiger partial charge on any atom is -0.375 e. The number of nitrogens with zero attached hydrogens (tertiary/aromatic N) is 1. The van der Waals surface area contributed by atoms with Crippen LogP contribution in [0, 0.1) is 17.8 Å². The van der Waals surface area contributed by atoms with Crippen molar-refractivity contribution in [2.24, 2.45) is 0 Å². The zero-order valence-electron chi connectivity index (χ0n) is 10.1. The van der Waals surface area contributed by atoms with Crippen molar-refractivity contribution in [3.8, 4) is 12.3 Å². The highest BCUT2D eigenvalue weighted by atomic mass is 16.5. The standard InChI is InChI=1S/C12H17N3O2/c1-4-5-15-11(16)14-10(13)12(15)6-8(2)17-9(3)7-12/h1,8-9H,5-7H2,2-3H3,(H2,13,14,16). The van der Waals surface area contributed by atoms with E-state index in [0.29, 0.717) is 12.8 Å². The molecule has 2 heterocycles. The van der Waals surface area contributed by atoms with Gasteiger partial charge in [-0.2, -0.15) is 0 Å². The van der Waals surface area contributed by atoms with Crippen molar-refractivity contribution in [2.75, 3.05) is 6.54 Å². The van der Waals surface area contributed by atoms with Crippen LogP contribution in [0.2, 0.25) is 0 Å². The van der Waals surface area contributed by atoms with Gasteiger partial charge in [0.2, 0.25) is 0 Å². The van der Waals surface area contributed by atoms with Crippen LogP contribution in [0.1, 0.15) is 26.7 Å².